The van der Waals surface area contributed by atoms with Crippen LogP contribution in [0.2, 0.25) is 0 Å². The predicted octanol–water partition coefficient (Wildman–Crippen LogP) is 10.0. The molecule has 1 unspecified atom stereocenters. The number of rotatable bonds is 45. The van der Waals surface area contributed by atoms with Gasteiger partial charge in [-0.2, -0.15) is 0 Å². The molecule has 0 saturated carbocycles. The van der Waals surface area contributed by atoms with Crippen molar-refractivity contribution in [2.24, 2.45) is 11.5 Å². The highest BCUT2D eigenvalue weighted by Gasteiger charge is 2.30. The van der Waals surface area contributed by atoms with Crippen LogP contribution in [0.3, 0.4) is 0 Å². The molecule has 0 radical (unpaired) electrons. The number of phosphoric acid groups is 1. The molecule has 0 aliphatic heterocycles. The van der Waals surface area contributed by atoms with Crippen molar-refractivity contribution in [3.8, 4) is 0 Å². The van der Waals surface area contributed by atoms with Gasteiger partial charge in [0.05, 0.1) is 19.3 Å². The van der Waals surface area contributed by atoms with Crippen LogP contribution >= 0.6 is 19.6 Å². The smallest absolute Gasteiger partial charge is 0.472 e. The molecule has 0 aromatic carbocycles. The first-order valence-electron chi connectivity index (χ1n) is 24.3. The van der Waals surface area contributed by atoms with E-state index in [0.717, 1.165) is 76.0 Å². The summed E-state index contributed by atoms with van der Waals surface area (Å²) >= 11 is 1.15. The van der Waals surface area contributed by atoms with Crippen LogP contribution in [0.4, 0.5) is 0 Å². The van der Waals surface area contributed by atoms with Gasteiger partial charge in [0.25, 0.3) is 0 Å². The standard InChI is InChI=1S/C49H85N2O13PS/c1-3-5-7-9-11-13-15-17-18-19-20-21-23-25-27-29-31-36-47(55)61-37-41(38-62-65(59,60)63-39-42(50)48(56)57)64-49(58)43(51)40-66-45(44(52)33-32-35-46(53)54)34-30-28-26-24-22-16-14-12-10-8-6-4-2/h12,14,17-18,22,24,26,28,30,34,41-45,52H,3-11,13,15-16,19-21,23,25,27,29,31-33,35-40,50-51H2,1-2H3,(H,53,54)(H,56,57)(H,59,60)/b14-12-,18-17-,24-22-,28-26+,34-30+/t41-,42+,43+,44+,45-/m1/s1. The van der Waals surface area contributed by atoms with Crippen molar-refractivity contribution in [1.82, 2.24) is 0 Å². The number of esters is 2. The second-order valence-electron chi connectivity index (χ2n) is 16.4. The molecular formula is C49H85N2O13PS. The van der Waals surface area contributed by atoms with Crippen LogP contribution in [0.5, 0.6) is 0 Å². The van der Waals surface area contributed by atoms with Gasteiger partial charge < -0.3 is 41.2 Å². The Bertz CT molecular complexity index is 1470. The van der Waals surface area contributed by atoms with Crippen LogP contribution in [0, 0.1) is 0 Å². The molecule has 380 valence electrons. The Morgan fingerprint density at radius 1 is 0.636 bits per heavy atom. The summed E-state index contributed by atoms with van der Waals surface area (Å²) in [5.74, 6) is -4.01. The zero-order valence-corrected chi connectivity index (χ0v) is 41.6. The molecule has 0 aliphatic carbocycles. The fourth-order valence-electron chi connectivity index (χ4n) is 6.25. The first-order chi connectivity index (χ1) is 31.7. The number of phosphoric ester groups is 1. The van der Waals surface area contributed by atoms with Gasteiger partial charge in [-0.3, -0.25) is 28.2 Å². The molecular weight excluding hydrogens is 888 g/mol. The summed E-state index contributed by atoms with van der Waals surface area (Å²) in [5.41, 5.74) is 11.5. The number of nitrogens with two attached hydrogens (primary N) is 2. The van der Waals surface area contributed by atoms with Crippen molar-refractivity contribution in [2.75, 3.05) is 25.6 Å². The monoisotopic (exact) mass is 973 g/mol. The van der Waals surface area contributed by atoms with Crippen LogP contribution < -0.4 is 11.5 Å². The summed E-state index contributed by atoms with van der Waals surface area (Å²) in [5, 5.41) is 28.4. The van der Waals surface area contributed by atoms with Gasteiger partial charge in [0, 0.05) is 23.8 Å². The minimum absolute atomic E-state index is 0.0452. The van der Waals surface area contributed by atoms with Crippen molar-refractivity contribution in [1.29, 1.82) is 0 Å². The first kappa shape index (κ1) is 62.9. The topological polar surface area (TPSA) is 255 Å². The Labute approximate surface area is 399 Å². The summed E-state index contributed by atoms with van der Waals surface area (Å²) in [6.45, 7) is 2.26. The number of ether oxygens (including phenoxy) is 2. The van der Waals surface area contributed by atoms with Crippen molar-refractivity contribution in [3.05, 3.63) is 60.8 Å². The van der Waals surface area contributed by atoms with Crippen LogP contribution in [-0.2, 0) is 42.3 Å². The van der Waals surface area contributed by atoms with Crippen LogP contribution in [-0.4, -0.2) is 99.2 Å². The summed E-state index contributed by atoms with van der Waals surface area (Å²) in [7, 11) is -4.88. The first-order valence-corrected chi connectivity index (χ1v) is 26.8. The van der Waals surface area contributed by atoms with E-state index in [1.54, 1.807) is 18.2 Å². The molecule has 0 bridgehead atoms. The fourth-order valence-corrected chi connectivity index (χ4v) is 8.15. The Morgan fingerprint density at radius 2 is 1.18 bits per heavy atom. The average Bonchev–Trinajstić information content (AvgIpc) is 3.28. The quantitative estimate of drug-likeness (QED) is 0.0109. The van der Waals surface area contributed by atoms with Crippen molar-refractivity contribution in [2.45, 2.75) is 197 Å². The van der Waals surface area contributed by atoms with Gasteiger partial charge >= 0.3 is 31.7 Å². The van der Waals surface area contributed by atoms with E-state index in [9.17, 15) is 33.7 Å². The van der Waals surface area contributed by atoms with Crippen molar-refractivity contribution in [3.63, 3.8) is 0 Å². The van der Waals surface area contributed by atoms with Crippen molar-refractivity contribution >= 4 is 43.5 Å². The number of carbonyl (C=O) groups is 4. The minimum Gasteiger partial charge on any atom is -0.481 e. The number of carboxylic acids is 2. The van der Waals surface area contributed by atoms with E-state index < -0.39 is 81.1 Å². The Kier molecular flexibility index (Phi) is 41.2. The Balaban J connectivity index is 5.20. The van der Waals surface area contributed by atoms with Gasteiger partial charge in [0.15, 0.2) is 6.10 Å². The van der Waals surface area contributed by atoms with Gasteiger partial charge in [0.2, 0.25) is 0 Å². The highest BCUT2D eigenvalue weighted by Crippen LogP contribution is 2.43. The van der Waals surface area contributed by atoms with E-state index in [1.165, 1.54) is 57.8 Å². The van der Waals surface area contributed by atoms with Crippen LogP contribution in [0.1, 0.15) is 168 Å². The van der Waals surface area contributed by atoms with Gasteiger partial charge in [0.1, 0.15) is 18.7 Å². The van der Waals surface area contributed by atoms with E-state index in [-0.39, 0.29) is 31.4 Å². The molecule has 0 heterocycles. The molecule has 0 spiro atoms. The minimum atomic E-state index is -4.88. The molecule has 0 aromatic heterocycles. The number of carboxylic acid groups (broad SMARTS) is 2. The molecule has 0 fully saturated rings. The molecule has 0 saturated heterocycles. The molecule has 15 nitrogen and oxygen atoms in total. The Morgan fingerprint density at radius 3 is 1.80 bits per heavy atom. The maximum atomic E-state index is 13.2. The van der Waals surface area contributed by atoms with Gasteiger partial charge in [-0.25, -0.2) is 4.57 Å². The maximum absolute atomic E-state index is 13.2. The summed E-state index contributed by atoms with van der Waals surface area (Å²) in [4.78, 5) is 58.0. The number of hydrogen-bond acceptors (Lipinski definition) is 13. The predicted molar refractivity (Wildman–Crippen MR) is 264 cm³/mol. The number of aliphatic hydroxyl groups excluding tert-OH is 1. The second kappa shape index (κ2) is 43.2. The third-order valence-corrected chi connectivity index (χ3v) is 12.6. The number of unbranched alkanes of at least 4 members (excludes halogenated alkanes) is 16. The Hall–Kier alpha value is -3.08. The lowest BCUT2D eigenvalue weighted by molar-refractivity contribution is -0.161. The molecule has 0 aliphatic rings. The summed E-state index contributed by atoms with van der Waals surface area (Å²) in [6.07, 6.45) is 40.5. The van der Waals surface area contributed by atoms with Gasteiger partial charge in [-0.15, -0.1) is 11.8 Å². The fraction of sp³-hybridized carbons (Fsp3) is 0.714. The highest BCUT2D eigenvalue weighted by atomic mass is 32.2. The maximum Gasteiger partial charge on any atom is 0.472 e. The lowest BCUT2D eigenvalue weighted by atomic mass is 10.1. The number of allylic oxidation sites excluding steroid dienone is 9. The number of carbonyl (C=O) groups excluding carboxylic acids is 2. The van der Waals surface area contributed by atoms with Gasteiger partial charge in [-0.05, 0) is 64.2 Å². The van der Waals surface area contributed by atoms with E-state index in [0.29, 0.717) is 6.42 Å². The zero-order chi connectivity index (χ0) is 49.1. The normalized spacial score (nSPS) is 15.4. The third kappa shape index (κ3) is 40.0. The zero-order valence-electron chi connectivity index (χ0n) is 39.9. The molecule has 66 heavy (non-hydrogen) atoms. The highest BCUT2D eigenvalue weighted by molar-refractivity contribution is 8.00. The lowest BCUT2D eigenvalue weighted by Gasteiger charge is -2.23. The van der Waals surface area contributed by atoms with E-state index in [2.05, 4.69) is 42.7 Å². The third-order valence-electron chi connectivity index (χ3n) is 10.2. The largest absolute Gasteiger partial charge is 0.481 e. The number of aliphatic hydroxyl groups is 1. The number of thioether (sulfide) groups is 1. The SMILES string of the molecule is CCCCC/C=C\C\C=C/C=C/C=C/[C@@H](SC[C@H](N)C(=O)O[C@H](COC(=O)CCCCCCCCC/C=C\CCCCCCCC)COP(=O)(O)OC[C@H](N)C(=O)O)[C@@H](O)CCCC(=O)O. The van der Waals surface area contributed by atoms with Crippen molar-refractivity contribution < 1.29 is 62.5 Å². The van der Waals surface area contributed by atoms with Gasteiger partial charge in [-0.1, -0.05) is 152 Å². The molecule has 0 amide bonds. The molecule has 0 aromatic rings. The molecule has 8 N–H and O–H groups in total. The lowest BCUT2D eigenvalue weighted by Crippen LogP contribution is -2.40. The van der Waals surface area contributed by atoms with E-state index in [1.807, 2.05) is 18.2 Å². The molecule has 17 heteroatoms. The second-order valence-corrected chi connectivity index (χ2v) is 19.1. The summed E-state index contributed by atoms with van der Waals surface area (Å²) < 4.78 is 32.9. The number of aliphatic carboxylic acids is 2. The van der Waals surface area contributed by atoms with Crippen LogP contribution in [0.15, 0.2) is 60.8 Å². The number of hydrogen-bond donors (Lipinski definition) is 6. The molecule has 6 atom stereocenters. The van der Waals surface area contributed by atoms with Crippen LogP contribution in [0.25, 0.3) is 0 Å². The van der Waals surface area contributed by atoms with E-state index in [4.69, 9.17) is 35.7 Å². The average molecular weight is 973 g/mol. The summed E-state index contributed by atoms with van der Waals surface area (Å²) in [6, 6.07) is -2.87. The van der Waals surface area contributed by atoms with E-state index >= 15 is 0 Å². The molecule has 0 rings (SSSR count).